The van der Waals surface area contributed by atoms with Crippen molar-refractivity contribution in [1.82, 2.24) is 10.6 Å². The number of ether oxygens (including phenoxy) is 1. The van der Waals surface area contributed by atoms with Gasteiger partial charge in [-0.3, -0.25) is 4.99 Å². The predicted octanol–water partition coefficient (Wildman–Crippen LogP) is 2.68. The molecule has 0 aliphatic carbocycles. The van der Waals surface area contributed by atoms with Gasteiger partial charge in [0.05, 0.1) is 18.9 Å². The Morgan fingerprint density at radius 2 is 2.30 bits per heavy atom. The molecule has 0 bridgehead atoms. The number of nitrogens with zero attached hydrogens (tertiary/aromatic N) is 1. The fourth-order valence-electron chi connectivity index (χ4n) is 2.28. The first-order chi connectivity index (χ1) is 11.1. The number of aliphatic imine (C=N–C) groups is 1. The zero-order valence-corrected chi connectivity index (χ0v) is 15.2. The van der Waals surface area contributed by atoms with Crippen molar-refractivity contribution in [1.29, 1.82) is 0 Å². The Labute approximate surface area is 143 Å². The van der Waals surface area contributed by atoms with Gasteiger partial charge in [0.15, 0.2) is 5.96 Å². The average molecular weight is 340 g/mol. The van der Waals surface area contributed by atoms with E-state index in [9.17, 15) is 0 Å². The van der Waals surface area contributed by atoms with Crippen LogP contribution in [0.15, 0.2) is 27.8 Å². The number of hydrogen-bond donors (Lipinski definition) is 2. The van der Waals surface area contributed by atoms with Gasteiger partial charge < -0.3 is 19.8 Å². The monoisotopic (exact) mass is 339 g/mol. The summed E-state index contributed by atoms with van der Waals surface area (Å²) in [5.41, 5.74) is 0. The molecule has 0 saturated carbocycles. The maximum atomic E-state index is 5.67. The van der Waals surface area contributed by atoms with Crippen LogP contribution < -0.4 is 10.6 Å². The van der Waals surface area contributed by atoms with Crippen LogP contribution in [0.5, 0.6) is 0 Å². The van der Waals surface area contributed by atoms with Gasteiger partial charge in [-0.2, -0.15) is 11.8 Å². The van der Waals surface area contributed by atoms with E-state index in [0.717, 1.165) is 57.2 Å². The fourth-order valence-corrected chi connectivity index (χ4v) is 2.48. The molecule has 1 fully saturated rings. The topological polar surface area (TPSA) is 58.8 Å². The summed E-state index contributed by atoms with van der Waals surface area (Å²) in [6, 6.07) is 3.91. The van der Waals surface area contributed by atoms with Crippen LogP contribution in [0, 0.1) is 0 Å². The molecule has 1 atom stereocenters. The lowest BCUT2D eigenvalue weighted by atomic mass is 10.2. The van der Waals surface area contributed by atoms with Crippen LogP contribution in [-0.4, -0.2) is 49.3 Å². The molecule has 1 aromatic heterocycles. The number of rotatable bonds is 8. The molecule has 1 aromatic rings. The fraction of sp³-hybridized carbons (Fsp3) is 0.706. The number of furan rings is 1. The SMILES string of the molecule is CSC(C)(C)CN=C(NCCc1ccco1)NCC1CCCO1. The second kappa shape index (κ2) is 9.23. The van der Waals surface area contributed by atoms with Crippen molar-refractivity contribution in [2.75, 3.05) is 32.5 Å². The van der Waals surface area contributed by atoms with Gasteiger partial charge in [-0.1, -0.05) is 0 Å². The molecule has 1 aliphatic rings. The summed E-state index contributed by atoms with van der Waals surface area (Å²) in [5.74, 6) is 1.84. The molecule has 6 heteroatoms. The summed E-state index contributed by atoms with van der Waals surface area (Å²) in [6.45, 7) is 7.68. The third-order valence-corrected chi connectivity index (χ3v) is 5.17. The Balaban J connectivity index is 1.82. The number of thioether (sulfide) groups is 1. The van der Waals surface area contributed by atoms with E-state index in [-0.39, 0.29) is 4.75 Å². The molecule has 23 heavy (non-hydrogen) atoms. The van der Waals surface area contributed by atoms with Gasteiger partial charge in [0, 0.05) is 30.9 Å². The lowest BCUT2D eigenvalue weighted by Crippen LogP contribution is -2.42. The molecule has 1 unspecified atom stereocenters. The second-order valence-corrected chi connectivity index (χ2v) is 7.91. The van der Waals surface area contributed by atoms with Gasteiger partial charge in [0.1, 0.15) is 5.76 Å². The molecule has 0 radical (unpaired) electrons. The molecule has 0 aromatic carbocycles. The van der Waals surface area contributed by atoms with E-state index in [0.29, 0.717) is 6.10 Å². The Bertz CT molecular complexity index is 468. The first-order valence-corrected chi connectivity index (χ1v) is 9.53. The second-order valence-electron chi connectivity index (χ2n) is 6.40. The highest BCUT2D eigenvalue weighted by molar-refractivity contribution is 7.99. The Morgan fingerprint density at radius 1 is 1.43 bits per heavy atom. The first-order valence-electron chi connectivity index (χ1n) is 8.30. The van der Waals surface area contributed by atoms with Crippen molar-refractivity contribution >= 4 is 17.7 Å². The molecule has 130 valence electrons. The Kier molecular flexibility index (Phi) is 7.30. The summed E-state index contributed by atoms with van der Waals surface area (Å²) in [5, 5.41) is 6.81. The summed E-state index contributed by atoms with van der Waals surface area (Å²) < 4.78 is 11.2. The van der Waals surface area contributed by atoms with Crippen LogP contribution in [0.1, 0.15) is 32.4 Å². The molecule has 0 spiro atoms. The smallest absolute Gasteiger partial charge is 0.191 e. The number of guanidine groups is 1. The van der Waals surface area contributed by atoms with Crippen molar-refractivity contribution < 1.29 is 9.15 Å². The van der Waals surface area contributed by atoms with Crippen molar-refractivity contribution in [3.8, 4) is 0 Å². The zero-order chi connectivity index (χ0) is 16.5. The third kappa shape index (κ3) is 6.87. The minimum atomic E-state index is 0.138. The molecule has 2 rings (SSSR count). The third-order valence-electron chi connectivity index (χ3n) is 3.94. The van der Waals surface area contributed by atoms with Crippen LogP contribution in [0.3, 0.4) is 0 Å². The Hall–Kier alpha value is -1.14. The average Bonchev–Trinajstić information content (AvgIpc) is 3.23. The van der Waals surface area contributed by atoms with E-state index in [1.165, 1.54) is 0 Å². The van der Waals surface area contributed by atoms with Crippen molar-refractivity contribution in [2.24, 2.45) is 4.99 Å². The highest BCUT2D eigenvalue weighted by atomic mass is 32.2. The van der Waals surface area contributed by atoms with E-state index in [1.807, 2.05) is 23.9 Å². The van der Waals surface area contributed by atoms with Gasteiger partial charge in [-0.15, -0.1) is 0 Å². The standard InChI is InChI=1S/C17H29N3O2S/c1-17(2,23-3)13-20-16(19-12-15-7-5-11-22-15)18-9-8-14-6-4-10-21-14/h4,6,10,15H,5,7-9,11-13H2,1-3H3,(H2,18,19,20). The molecule has 2 heterocycles. The van der Waals surface area contributed by atoms with Gasteiger partial charge in [-0.05, 0) is 45.1 Å². The molecule has 1 saturated heterocycles. The van der Waals surface area contributed by atoms with Crippen LogP contribution in [0.4, 0.5) is 0 Å². The van der Waals surface area contributed by atoms with Crippen molar-refractivity contribution in [3.63, 3.8) is 0 Å². The van der Waals surface area contributed by atoms with Gasteiger partial charge >= 0.3 is 0 Å². The zero-order valence-electron chi connectivity index (χ0n) is 14.4. The molecule has 5 nitrogen and oxygen atoms in total. The lowest BCUT2D eigenvalue weighted by molar-refractivity contribution is 0.114. The molecule has 0 amide bonds. The van der Waals surface area contributed by atoms with Crippen molar-refractivity contribution in [3.05, 3.63) is 24.2 Å². The summed E-state index contributed by atoms with van der Waals surface area (Å²) in [4.78, 5) is 4.73. The van der Waals surface area contributed by atoms with Crippen LogP contribution in [0.2, 0.25) is 0 Å². The highest BCUT2D eigenvalue weighted by Gasteiger charge is 2.17. The van der Waals surface area contributed by atoms with Crippen LogP contribution in [0.25, 0.3) is 0 Å². The van der Waals surface area contributed by atoms with E-state index < -0.39 is 0 Å². The predicted molar refractivity (Wildman–Crippen MR) is 97.3 cm³/mol. The molecule has 2 N–H and O–H groups in total. The maximum absolute atomic E-state index is 5.67. The number of hydrogen-bond acceptors (Lipinski definition) is 4. The van der Waals surface area contributed by atoms with E-state index in [2.05, 4.69) is 30.7 Å². The minimum absolute atomic E-state index is 0.138. The van der Waals surface area contributed by atoms with Gasteiger partial charge in [0.25, 0.3) is 0 Å². The molecule has 1 aliphatic heterocycles. The van der Waals surface area contributed by atoms with Crippen LogP contribution >= 0.6 is 11.8 Å². The molecular weight excluding hydrogens is 310 g/mol. The minimum Gasteiger partial charge on any atom is -0.469 e. The molecular formula is C17H29N3O2S. The van der Waals surface area contributed by atoms with Gasteiger partial charge in [0.2, 0.25) is 0 Å². The van der Waals surface area contributed by atoms with E-state index in [4.69, 9.17) is 14.1 Å². The maximum Gasteiger partial charge on any atom is 0.191 e. The first kappa shape index (κ1) is 18.2. The van der Waals surface area contributed by atoms with Crippen LogP contribution in [-0.2, 0) is 11.2 Å². The summed E-state index contributed by atoms with van der Waals surface area (Å²) in [6.07, 6.45) is 7.27. The van der Waals surface area contributed by atoms with Gasteiger partial charge in [-0.25, -0.2) is 0 Å². The number of nitrogens with one attached hydrogen (secondary N) is 2. The Morgan fingerprint density at radius 3 is 2.96 bits per heavy atom. The quantitative estimate of drug-likeness (QED) is 0.563. The highest BCUT2D eigenvalue weighted by Crippen LogP contribution is 2.21. The summed E-state index contributed by atoms with van der Waals surface area (Å²) in [7, 11) is 0. The van der Waals surface area contributed by atoms with Crippen molar-refractivity contribution in [2.45, 2.75) is 44.0 Å². The lowest BCUT2D eigenvalue weighted by Gasteiger charge is -2.21. The summed E-state index contributed by atoms with van der Waals surface area (Å²) >= 11 is 1.83. The van der Waals surface area contributed by atoms with E-state index >= 15 is 0 Å². The van der Waals surface area contributed by atoms with E-state index in [1.54, 1.807) is 6.26 Å². The normalized spacial score (nSPS) is 19.1. The largest absolute Gasteiger partial charge is 0.469 e.